The SMILES string of the molecule is CCn1nccc1C(=O)Nc1ncn(Cc2ccccc2)n1. The molecule has 0 aliphatic carbocycles. The van der Waals surface area contributed by atoms with Gasteiger partial charge in [-0.3, -0.25) is 14.8 Å². The summed E-state index contributed by atoms with van der Waals surface area (Å²) in [5, 5.41) is 11.0. The summed E-state index contributed by atoms with van der Waals surface area (Å²) in [6.45, 7) is 3.17. The summed E-state index contributed by atoms with van der Waals surface area (Å²) in [6, 6.07) is 11.6. The molecule has 7 nitrogen and oxygen atoms in total. The number of hydrogen-bond acceptors (Lipinski definition) is 4. The zero-order valence-corrected chi connectivity index (χ0v) is 12.2. The quantitative estimate of drug-likeness (QED) is 0.778. The van der Waals surface area contributed by atoms with E-state index in [0.717, 1.165) is 5.56 Å². The third-order valence-corrected chi connectivity index (χ3v) is 3.20. The number of rotatable bonds is 5. The Morgan fingerprint density at radius 3 is 2.82 bits per heavy atom. The van der Waals surface area contributed by atoms with Gasteiger partial charge in [0.05, 0.1) is 6.54 Å². The molecule has 0 unspecified atom stereocenters. The van der Waals surface area contributed by atoms with Gasteiger partial charge in [-0.05, 0) is 18.6 Å². The molecule has 0 saturated carbocycles. The van der Waals surface area contributed by atoms with Gasteiger partial charge in [0.25, 0.3) is 5.91 Å². The number of nitrogens with zero attached hydrogens (tertiary/aromatic N) is 5. The molecule has 0 aliphatic rings. The Hall–Kier alpha value is -2.96. The van der Waals surface area contributed by atoms with E-state index in [2.05, 4.69) is 20.5 Å². The van der Waals surface area contributed by atoms with Crippen LogP contribution in [-0.2, 0) is 13.1 Å². The van der Waals surface area contributed by atoms with Gasteiger partial charge in [0.15, 0.2) is 0 Å². The summed E-state index contributed by atoms with van der Waals surface area (Å²) in [4.78, 5) is 16.3. The lowest BCUT2D eigenvalue weighted by molar-refractivity contribution is 0.101. The van der Waals surface area contributed by atoms with Crippen LogP contribution in [0.4, 0.5) is 5.95 Å². The molecule has 2 aromatic heterocycles. The smallest absolute Gasteiger partial charge is 0.276 e. The van der Waals surface area contributed by atoms with Gasteiger partial charge in [-0.2, -0.15) is 5.10 Å². The molecule has 0 saturated heterocycles. The number of carbonyl (C=O) groups is 1. The molecular weight excluding hydrogens is 280 g/mol. The van der Waals surface area contributed by atoms with Crippen LogP contribution in [0.25, 0.3) is 0 Å². The highest BCUT2D eigenvalue weighted by Gasteiger charge is 2.13. The number of benzene rings is 1. The summed E-state index contributed by atoms with van der Waals surface area (Å²) in [5.74, 6) is 0.0154. The van der Waals surface area contributed by atoms with Crippen LogP contribution in [0.1, 0.15) is 23.0 Å². The van der Waals surface area contributed by atoms with Crippen LogP contribution < -0.4 is 5.32 Å². The van der Waals surface area contributed by atoms with Crippen molar-refractivity contribution in [2.45, 2.75) is 20.0 Å². The monoisotopic (exact) mass is 296 g/mol. The van der Waals surface area contributed by atoms with Crippen molar-refractivity contribution in [2.75, 3.05) is 5.32 Å². The molecule has 0 bridgehead atoms. The molecule has 1 N–H and O–H groups in total. The van der Waals surface area contributed by atoms with E-state index in [1.54, 1.807) is 28.0 Å². The first-order chi connectivity index (χ1) is 10.8. The Balaban J connectivity index is 1.68. The second-order valence-corrected chi connectivity index (χ2v) is 4.74. The first-order valence-electron chi connectivity index (χ1n) is 7.03. The van der Waals surface area contributed by atoms with E-state index >= 15 is 0 Å². The maximum Gasteiger partial charge on any atom is 0.276 e. The van der Waals surface area contributed by atoms with Crippen molar-refractivity contribution in [1.29, 1.82) is 0 Å². The summed E-state index contributed by atoms with van der Waals surface area (Å²) < 4.78 is 3.30. The van der Waals surface area contributed by atoms with Gasteiger partial charge >= 0.3 is 0 Å². The van der Waals surface area contributed by atoms with Crippen molar-refractivity contribution >= 4 is 11.9 Å². The molecule has 0 fully saturated rings. The second kappa shape index (κ2) is 6.21. The van der Waals surface area contributed by atoms with Crippen LogP contribution in [0, 0.1) is 0 Å². The van der Waals surface area contributed by atoms with E-state index in [9.17, 15) is 4.79 Å². The van der Waals surface area contributed by atoms with Crippen LogP contribution in [0.2, 0.25) is 0 Å². The molecule has 0 atom stereocenters. The predicted molar refractivity (Wildman–Crippen MR) is 81.4 cm³/mol. The van der Waals surface area contributed by atoms with Crippen molar-refractivity contribution in [3.63, 3.8) is 0 Å². The molecule has 0 radical (unpaired) electrons. The highest BCUT2D eigenvalue weighted by molar-refractivity contribution is 6.01. The van der Waals surface area contributed by atoms with Crippen molar-refractivity contribution in [3.8, 4) is 0 Å². The standard InChI is InChI=1S/C15H16N6O/c1-2-21-13(8-9-17-21)14(22)18-15-16-11-20(19-15)10-12-6-4-3-5-7-12/h3-9,11H,2,10H2,1H3,(H,18,19,22). The Morgan fingerprint density at radius 1 is 1.23 bits per heavy atom. The number of nitrogens with one attached hydrogen (secondary N) is 1. The number of anilines is 1. The molecule has 1 aromatic carbocycles. The Labute approximate surface area is 127 Å². The van der Waals surface area contributed by atoms with Crippen molar-refractivity contribution < 1.29 is 4.79 Å². The molecule has 3 aromatic rings. The van der Waals surface area contributed by atoms with E-state index in [1.807, 2.05) is 37.3 Å². The number of amides is 1. The lowest BCUT2D eigenvalue weighted by Crippen LogP contribution is -2.18. The fourth-order valence-electron chi connectivity index (χ4n) is 2.14. The van der Waals surface area contributed by atoms with Gasteiger partial charge in [0.1, 0.15) is 12.0 Å². The van der Waals surface area contributed by atoms with Gasteiger partial charge in [0.2, 0.25) is 5.95 Å². The minimum absolute atomic E-state index is 0.267. The molecule has 2 heterocycles. The Bertz CT molecular complexity index is 761. The maximum atomic E-state index is 12.2. The van der Waals surface area contributed by atoms with E-state index in [4.69, 9.17) is 0 Å². The van der Waals surface area contributed by atoms with Gasteiger partial charge in [0, 0.05) is 12.7 Å². The van der Waals surface area contributed by atoms with E-state index < -0.39 is 0 Å². The average molecular weight is 296 g/mol. The van der Waals surface area contributed by atoms with E-state index in [-0.39, 0.29) is 11.9 Å². The topological polar surface area (TPSA) is 77.6 Å². The molecule has 0 spiro atoms. The number of aromatic nitrogens is 5. The van der Waals surface area contributed by atoms with Crippen LogP contribution >= 0.6 is 0 Å². The highest BCUT2D eigenvalue weighted by atomic mass is 16.2. The van der Waals surface area contributed by atoms with Gasteiger partial charge in [-0.25, -0.2) is 9.67 Å². The third kappa shape index (κ3) is 3.03. The van der Waals surface area contributed by atoms with Gasteiger partial charge < -0.3 is 0 Å². The average Bonchev–Trinajstić information content (AvgIpc) is 3.17. The highest BCUT2D eigenvalue weighted by Crippen LogP contribution is 2.06. The molecular formula is C15H16N6O. The maximum absolute atomic E-state index is 12.2. The van der Waals surface area contributed by atoms with Crippen molar-refractivity contribution in [3.05, 3.63) is 60.2 Å². The van der Waals surface area contributed by atoms with Gasteiger partial charge in [-0.1, -0.05) is 30.3 Å². The second-order valence-electron chi connectivity index (χ2n) is 4.74. The number of carbonyl (C=O) groups excluding carboxylic acids is 1. The Morgan fingerprint density at radius 2 is 2.05 bits per heavy atom. The predicted octanol–water partition coefficient (Wildman–Crippen LogP) is 1.80. The first kappa shape index (κ1) is 14.0. The summed E-state index contributed by atoms with van der Waals surface area (Å²) in [5.41, 5.74) is 1.61. The number of aryl methyl sites for hydroxylation is 1. The third-order valence-electron chi connectivity index (χ3n) is 3.20. The van der Waals surface area contributed by atoms with Crippen molar-refractivity contribution in [1.82, 2.24) is 24.5 Å². The van der Waals surface area contributed by atoms with Gasteiger partial charge in [-0.15, -0.1) is 5.10 Å². The molecule has 1 amide bonds. The fraction of sp³-hybridized carbons (Fsp3) is 0.200. The lowest BCUT2D eigenvalue weighted by Gasteiger charge is -2.03. The first-order valence-corrected chi connectivity index (χ1v) is 7.03. The molecule has 112 valence electrons. The molecule has 7 heteroatoms. The summed E-state index contributed by atoms with van der Waals surface area (Å²) >= 11 is 0. The van der Waals surface area contributed by atoms with Crippen LogP contribution in [-0.4, -0.2) is 30.5 Å². The Kier molecular flexibility index (Phi) is 3.95. The van der Waals surface area contributed by atoms with Crippen LogP contribution in [0.15, 0.2) is 48.9 Å². The minimum Gasteiger partial charge on any atom is -0.288 e. The van der Waals surface area contributed by atoms with Crippen molar-refractivity contribution in [2.24, 2.45) is 0 Å². The normalized spacial score (nSPS) is 10.6. The zero-order chi connectivity index (χ0) is 15.4. The molecule has 0 aliphatic heterocycles. The van der Waals surface area contributed by atoms with Crippen LogP contribution in [0.3, 0.4) is 0 Å². The minimum atomic E-state index is -0.267. The summed E-state index contributed by atoms with van der Waals surface area (Å²) in [6.07, 6.45) is 3.19. The summed E-state index contributed by atoms with van der Waals surface area (Å²) in [7, 11) is 0. The lowest BCUT2D eigenvalue weighted by atomic mass is 10.2. The molecule has 3 rings (SSSR count). The zero-order valence-electron chi connectivity index (χ0n) is 12.2. The van der Waals surface area contributed by atoms with E-state index in [0.29, 0.717) is 18.8 Å². The molecule has 22 heavy (non-hydrogen) atoms. The van der Waals surface area contributed by atoms with E-state index in [1.165, 1.54) is 0 Å². The fourth-order valence-corrected chi connectivity index (χ4v) is 2.14. The largest absolute Gasteiger partial charge is 0.288 e. The number of hydrogen-bond donors (Lipinski definition) is 1. The van der Waals surface area contributed by atoms with Crippen LogP contribution in [0.5, 0.6) is 0 Å².